The minimum absolute atomic E-state index is 0.0265. The highest BCUT2D eigenvalue weighted by molar-refractivity contribution is 7.92. The van der Waals surface area contributed by atoms with Crippen LogP contribution in [0.15, 0.2) is 126 Å². The number of anilines is 2. The van der Waals surface area contributed by atoms with Crippen molar-refractivity contribution < 1.29 is 22.7 Å². The lowest BCUT2D eigenvalue weighted by Gasteiger charge is -2.14. The molecule has 0 spiro atoms. The van der Waals surface area contributed by atoms with Crippen LogP contribution in [0.3, 0.4) is 0 Å². The SMILES string of the molecule is O=C(Nc1ccc(OCc2ccccc2)cc1)c1cc(Cl)ccc1NS(=O)(=O)c1ccc(Oc2ccccc2Cl)cc1. The van der Waals surface area contributed by atoms with Gasteiger partial charge in [-0.15, -0.1) is 0 Å². The Kier molecular flexibility index (Phi) is 8.97. The van der Waals surface area contributed by atoms with Crippen LogP contribution >= 0.6 is 23.2 Å². The Morgan fingerprint density at radius 2 is 1.40 bits per heavy atom. The van der Waals surface area contributed by atoms with Crippen LogP contribution in [0.4, 0.5) is 11.4 Å². The van der Waals surface area contributed by atoms with Crippen LogP contribution in [0.5, 0.6) is 17.2 Å². The van der Waals surface area contributed by atoms with Gasteiger partial charge in [-0.05, 0) is 84.4 Å². The molecular weight excluding hydrogens is 595 g/mol. The van der Waals surface area contributed by atoms with Crippen molar-refractivity contribution in [1.29, 1.82) is 0 Å². The van der Waals surface area contributed by atoms with Crippen molar-refractivity contribution >= 4 is 50.5 Å². The molecule has 0 saturated carbocycles. The fourth-order valence-corrected chi connectivity index (χ4v) is 5.34. The topological polar surface area (TPSA) is 93.7 Å². The van der Waals surface area contributed by atoms with Gasteiger partial charge >= 0.3 is 0 Å². The number of carbonyl (C=O) groups excluding carboxylic acids is 1. The average molecular weight is 620 g/mol. The molecule has 10 heteroatoms. The number of carbonyl (C=O) groups is 1. The zero-order valence-corrected chi connectivity index (χ0v) is 24.3. The van der Waals surface area contributed by atoms with Crippen molar-refractivity contribution in [3.8, 4) is 17.2 Å². The molecule has 5 rings (SSSR count). The summed E-state index contributed by atoms with van der Waals surface area (Å²) >= 11 is 12.3. The van der Waals surface area contributed by atoms with E-state index in [9.17, 15) is 13.2 Å². The van der Waals surface area contributed by atoms with Gasteiger partial charge in [0, 0.05) is 10.7 Å². The third-order valence-electron chi connectivity index (χ3n) is 6.03. The van der Waals surface area contributed by atoms with Crippen LogP contribution in [0.1, 0.15) is 15.9 Å². The van der Waals surface area contributed by atoms with Crippen molar-refractivity contribution in [2.75, 3.05) is 10.0 Å². The van der Waals surface area contributed by atoms with Gasteiger partial charge in [-0.1, -0.05) is 65.7 Å². The van der Waals surface area contributed by atoms with E-state index < -0.39 is 15.9 Å². The molecule has 0 bridgehead atoms. The summed E-state index contributed by atoms with van der Waals surface area (Å²) in [4.78, 5) is 13.2. The van der Waals surface area contributed by atoms with E-state index in [1.807, 2.05) is 30.3 Å². The summed E-state index contributed by atoms with van der Waals surface area (Å²) in [5, 5.41) is 3.47. The fourth-order valence-electron chi connectivity index (χ4n) is 3.91. The lowest BCUT2D eigenvalue weighted by molar-refractivity contribution is 0.102. The molecule has 0 saturated heterocycles. The maximum atomic E-state index is 13.2. The summed E-state index contributed by atoms with van der Waals surface area (Å²) in [6, 6.07) is 33.7. The molecule has 0 aromatic heterocycles. The van der Waals surface area contributed by atoms with Crippen LogP contribution in [-0.2, 0) is 16.6 Å². The Labute approximate surface area is 253 Å². The van der Waals surface area contributed by atoms with E-state index >= 15 is 0 Å². The van der Waals surface area contributed by atoms with Crippen LogP contribution in [0, 0.1) is 0 Å². The fraction of sp³-hybridized carbons (Fsp3) is 0.0312. The summed E-state index contributed by atoms with van der Waals surface area (Å²) in [6.07, 6.45) is 0. The normalized spacial score (nSPS) is 11.0. The van der Waals surface area contributed by atoms with Crippen LogP contribution in [0.25, 0.3) is 0 Å². The number of halogens is 2. The highest BCUT2D eigenvalue weighted by Crippen LogP contribution is 2.30. The first kappa shape index (κ1) is 29.0. The summed E-state index contributed by atoms with van der Waals surface area (Å²) in [6.45, 7) is 0.412. The largest absolute Gasteiger partial charge is 0.489 e. The zero-order chi connectivity index (χ0) is 29.5. The van der Waals surface area contributed by atoms with Gasteiger partial charge in [-0.2, -0.15) is 0 Å². The summed E-state index contributed by atoms with van der Waals surface area (Å²) in [5.74, 6) is 0.942. The van der Waals surface area contributed by atoms with Crippen molar-refractivity contribution in [3.63, 3.8) is 0 Å². The van der Waals surface area contributed by atoms with Crippen molar-refractivity contribution in [3.05, 3.63) is 142 Å². The van der Waals surface area contributed by atoms with Gasteiger partial charge in [0.2, 0.25) is 0 Å². The summed E-state index contributed by atoms with van der Waals surface area (Å²) < 4.78 is 40.4. The second kappa shape index (κ2) is 13.0. The summed E-state index contributed by atoms with van der Waals surface area (Å²) in [7, 11) is -4.06. The minimum Gasteiger partial charge on any atom is -0.489 e. The second-order valence-corrected chi connectivity index (χ2v) is 11.6. The van der Waals surface area contributed by atoms with E-state index in [2.05, 4.69) is 10.0 Å². The van der Waals surface area contributed by atoms with Gasteiger partial charge in [0.05, 0.1) is 21.2 Å². The van der Waals surface area contributed by atoms with Gasteiger partial charge < -0.3 is 14.8 Å². The molecule has 212 valence electrons. The number of sulfonamides is 1. The van der Waals surface area contributed by atoms with Crippen LogP contribution < -0.4 is 19.5 Å². The van der Waals surface area contributed by atoms with E-state index in [1.54, 1.807) is 48.5 Å². The quantitative estimate of drug-likeness (QED) is 0.164. The van der Waals surface area contributed by atoms with Gasteiger partial charge in [0.1, 0.15) is 23.9 Å². The first-order valence-electron chi connectivity index (χ1n) is 12.7. The molecule has 2 N–H and O–H groups in total. The Balaban J connectivity index is 1.27. The number of benzene rings is 5. The zero-order valence-electron chi connectivity index (χ0n) is 22.0. The van der Waals surface area contributed by atoms with E-state index in [1.165, 1.54) is 42.5 Å². The molecule has 0 aliphatic heterocycles. The molecule has 7 nitrogen and oxygen atoms in total. The number of para-hydroxylation sites is 1. The number of rotatable bonds is 10. The molecule has 1 amide bonds. The molecule has 5 aromatic rings. The molecule has 0 radical (unpaired) electrons. The van der Waals surface area contributed by atoms with Gasteiger partial charge in [0.15, 0.2) is 0 Å². The standard InChI is InChI=1S/C32H24Cl2N2O5S/c33-23-10-19-30(36-42(38,39)27-17-15-26(16-18-27)41-31-9-5-4-8-29(31)34)28(20-23)32(37)35-24-11-13-25(14-12-24)40-21-22-6-2-1-3-7-22/h1-20,36H,21H2,(H,35,37). The molecule has 42 heavy (non-hydrogen) atoms. The monoisotopic (exact) mass is 618 g/mol. The maximum absolute atomic E-state index is 13.2. The maximum Gasteiger partial charge on any atom is 0.261 e. The molecule has 0 atom stereocenters. The molecule has 0 unspecified atom stereocenters. The Morgan fingerprint density at radius 3 is 2.12 bits per heavy atom. The molecular formula is C32H24Cl2N2O5S. The first-order valence-corrected chi connectivity index (χ1v) is 14.9. The number of ether oxygens (including phenoxy) is 2. The molecule has 0 aliphatic carbocycles. The Morgan fingerprint density at radius 1 is 0.738 bits per heavy atom. The predicted octanol–water partition coefficient (Wildman–Crippen LogP) is 8.42. The van der Waals surface area contributed by atoms with E-state index in [4.69, 9.17) is 32.7 Å². The van der Waals surface area contributed by atoms with Crippen molar-refractivity contribution in [2.45, 2.75) is 11.5 Å². The van der Waals surface area contributed by atoms with E-state index in [0.29, 0.717) is 34.6 Å². The van der Waals surface area contributed by atoms with Gasteiger partial charge in [0.25, 0.3) is 15.9 Å². The van der Waals surface area contributed by atoms with Gasteiger partial charge in [-0.25, -0.2) is 8.42 Å². The molecule has 5 aromatic carbocycles. The average Bonchev–Trinajstić information content (AvgIpc) is 2.99. The third kappa shape index (κ3) is 7.41. The lowest BCUT2D eigenvalue weighted by atomic mass is 10.1. The highest BCUT2D eigenvalue weighted by Gasteiger charge is 2.20. The third-order valence-corrected chi connectivity index (χ3v) is 7.96. The minimum atomic E-state index is -4.06. The van der Waals surface area contributed by atoms with Gasteiger partial charge in [-0.3, -0.25) is 9.52 Å². The van der Waals surface area contributed by atoms with Crippen LogP contribution in [0.2, 0.25) is 10.0 Å². The number of nitrogens with one attached hydrogen (secondary N) is 2. The van der Waals surface area contributed by atoms with E-state index in [-0.39, 0.29) is 21.2 Å². The number of hydrogen-bond donors (Lipinski definition) is 2. The highest BCUT2D eigenvalue weighted by atomic mass is 35.5. The van der Waals surface area contributed by atoms with E-state index in [0.717, 1.165) is 5.56 Å². The smallest absolute Gasteiger partial charge is 0.261 e. The Bertz CT molecular complexity index is 1800. The van der Waals surface area contributed by atoms with Crippen molar-refractivity contribution in [2.24, 2.45) is 0 Å². The number of amides is 1. The summed E-state index contributed by atoms with van der Waals surface area (Å²) in [5.41, 5.74) is 1.65. The second-order valence-electron chi connectivity index (χ2n) is 9.05. The molecule has 0 fully saturated rings. The number of hydrogen-bond acceptors (Lipinski definition) is 5. The molecule has 0 aliphatic rings. The first-order chi connectivity index (χ1) is 20.3. The van der Waals surface area contributed by atoms with Crippen LogP contribution in [-0.4, -0.2) is 14.3 Å². The molecule has 0 heterocycles. The lowest BCUT2D eigenvalue weighted by Crippen LogP contribution is -2.18. The van der Waals surface area contributed by atoms with Crippen molar-refractivity contribution in [1.82, 2.24) is 0 Å². The predicted molar refractivity (Wildman–Crippen MR) is 165 cm³/mol. The Hall–Kier alpha value is -4.50.